The molecule has 0 saturated carbocycles. The lowest BCUT2D eigenvalue weighted by Gasteiger charge is -2.11. The molecule has 1 aromatic heterocycles. The summed E-state index contributed by atoms with van der Waals surface area (Å²) in [6.07, 6.45) is 0. The lowest BCUT2D eigenvalue weighted by atomic mass is 10.1. The van der Waals surface area contributed by atoms with Gasteiger partial charge in [-0.3, -0.25) is 10.1 Å². The van der Waals surface area contributed by atoms with Crippen LogP contribution in [0.25, 0.3) is 10.6 Å². The van der Waals surface area contributed by atoms with E-state index in [4.69, 9.17) is 0 Å². The van der Waals surface area contributed by atoms with Gasteiger partial charge in [0.25, 0.3) is 0 Å². The quantitative estimate of drug-likeness (QED) is 0.848. The van der Waals surface area contributed by atoms with Crippen LogP contribution in [0.4, 0.5) is 9.52 Å². The number of halogens is 2. The Morgan fingerprint density at radius 3 is 2.55 bits per heavy atom. The Morgan fingerprint density at radius 1 is 1.30 bits per heavy atom. The molecule has 2 rings (SSSR count). The van der Waals surface area contributed by atoms with Gasteiger partial charge >= 0.3 is 0 Å². The fraction of sp³-hybridized carbons (Fsp3) is 0.308. The summed E-state index contributed by atoms with van der Waals surface area (Å²) in [5.41, 5.74) is 0.767. The highest BCUT2D eigenvalue weighted by atomic mass is 79.9. The van der Waals surface area contributed by atoms with Crippen molar-refractivity contribution < 1.29 is 9.18 Å². The van der Waals surface area contributed by atoms with Gasteiger partial charge in [-0.05, 0) is 30.2 Å². The maximum absolute atomic E-state index is 12.8. The number of aromatic nitrogens is 2. The highest BCUT2D eigenvalue weighted by Gasteiger charge is 2.20. The van der Waals surface area contributed by atoms with Crippen molar-refractivity contribution in [2.24, 2.45) is 5.92 Å². The molecule has 2 aromatic rings. The third-order valence-electron chi connectivity index (χ3n) is 2.58. The minimum atomic E-state index is -0.300. The van der Waals surface area contributed by atoms with E-state index in [1.54, 1.807) is 12.1 Å². The number of rotatable bonds is 4. The summed E-state index contributed by atoms with van der Waals surface area (Å²) in [5.74, 6) is -0.271. The molecule has 106 valence electrons. The Bertz CT molecular complexity index is 600. The molecule has 0 radical (unpaired) electrons. The number of amides is 1. The largest absolute Gasteiger partial charge is 0.300 e. The fourth-order valence-electron chi connectivity index (χ4n) is 1.46. The number of carbonyl (C=O) groups is 1. The Morgan fingerprint density at radius 2 is 1.95 bits per heavy atom. The molecular weight excluding hydrogens is 345 g/mol. The fourth-order valence-corrected chi connectivity index (χ4v) is 2.33. The zero-order valence-corrected chi connectivity index (χ0v) is 13.3. The summed E-state index contributed by atoms with van der Waals surface area (Å²) in [5, 5.41) is 11.7. The molecule has 0 aliphatic rings. The van der Waals surface area contributed by atoms with E-state index in [1.165, 1.54) is 23.5 Å². The van der Waals surface area contributed by atoms with Gasteiger partial charge in [0.2, 0.25) is 11.0 Å². The molecule has 1 N–H and O–H groups in total. The number of hydrogen-bond donors (Lipinski definition) is 1. The summed E-state index contributed by atoms with van der Waals surface area (Å²) in [6.45, 7) is 3.89. The number of benzene rings is 1. The summed E-state index contributed by atoms with van der Waals surface area (Å²) >= 11 is 4.58. The number of carbonyl (C=O) groups excluding carboxylic acids is 1. The van der Waals surface area contributed by atoms with Crippen molar-refractivity contribution in [3.63, 3.8) is 0 Å². The van der Waals surface area contributed by atoms with Gasteiger partial charge in [-0.1, -0.05) is 41.1 Å². The maximum atomic E-state index is 12.8. The monoisotopic (exact) mass is 357 g/mol. The molecule has 7 heteroatoms. The minimum Gasteiger partial charge on any atom is -0.300 e. The Hall–Kier alpha value is -1.34. The number of nitrogens with zero attached hydrogens (tertiary/aromatic N) is 2. The molecule has 20 heavy (non-hydrogen) atoms. The van der Waals surface area contributed by atoms with E-state index < -0.39 is 0 Å². The SMILES string of the molecule is CC(C)C(Br)C(=O)Nc1nnc(-c2ccc(F)cc2)s1. The molecule has 0 bridgehead atoms. The van der Waals surface area contributed by atoms with Gasteiger partial charge in [0, 0.05) is 5.56 Å². The molecule has 1 atom stereocenters. The van der Waals surface area contributed by atoms with E-state index in [-0.39, 0.29) is 22.5 Å². The summed E-state index contributed by atoms with van der Waals surface area (Å²) in [6, 6.07) is 5.98. The second-order valence-electron chi connectivity index (χ2n) is 4.55. The first-order valence-corrected chi connectivity index (χ1v) is 7.75. The number of alkyl halides is 1. The van der Waals surface area contributed by atoms with E-state index in [0.717, 1.165) is 5.56 Å². The summed E-state index contributed by atoms with van der Waals surface area (Å²) in [4.78, 5) is 11.6. The second kappa shape index (κ2) is 6.41. The van der Waals surface area contributed by atoms with Crippen LogP contribution in [-0.2, 0) is 4.79 Å². The van der Waals surface area contributed by atoms with Crippen molar-refractivity contribution in [2.75, 3.05) is 5.32 Å². The maximum Gasteiger partial charge on any atom is 0.240 e. The standard InChI is InChI=1S/C13H13BrFN3OS/c1-7(2)10(14)11(19)16-13-18-17-12(20-13)8-3-5-9(15)6-4-8/h3-7,10H,1-2H3,(H,16,18,19). The van der Waals surface area contributed by atoms with Crippen molar-refractivity contribution in [1.29, 1.82) is 0 Å². The molecule has 0 aliphatic heterocycles. The molecule has 1 amide bonds. The molecular formula is C13H13BrFN3OS. The molecule has 4 nitrogen and oxygen atoms in total. The average molecular weight is 358 g/mol. The van der Waals surface area contributed by atoms with Crippen LogP contribution in [0.15, 0.2) is 24.3 Å². The van der Waals surface area contributed by atoms with E-state index in [0.29, 0.717) is 10.1 Å². The summed E-state index contributed by atoms with van der Waals surface area (Å²) in [7, 11) is 0. The third-order valence-corrected chi connectivity index (χ3v) is 4.94. The van der Waals surface area contributed by atoms with Crippen LogP contribution in [-0.4, -0.2) is 20.9 Å². The Kier molecular flexibility index (Phi) is 4.82. The van der Waals surface area contributed by atoms with Crippen LogP contribution < -0.4 is 5.32 Å². The lowest BCUT2D eigenvalue weighted by molar-refractivity contribution is -0.116. The normalized spacial score (nSPS) is 12.4. The van der Waals surface area contributed by atoms with Crippen molar-refractivity contribution in [3.05, 3.63) is 30.1 Å². The average Bonchev–Trinajstić information content (AvgIpc) is 2.87. The highest BCUT2D eigenvalue weighted by Crippen LogP contribution is 2.27. The summed E-state index contributed by atoms with van der Waals surface area (Å²) < 4.78 is 12.8. The topological polar surface area (TPSA) is 54.9 Å². The predicted molar refractivity (Wildman–Crippen MR) is 81.5 cm³/mol. The van der Waals surface area contributed by atoms with Gasteiger partial charge in [0.05, 0.1) is 4.83 Å². The van der Waals surface area contributed by atoms with Crippen molar-refractivity contribution in [2.45, 2.75) is 18.7 Å². The molecule has 1 aromatic carbocycles. The zero-order valence-electron chi connectivity index (χ0n) is 10.9. The van der Waals surface area contributed by atoms with E-state index >= 15 is 0 Å². The van der Waals surface area contributed by atoms with E-state index in [9.17, 15) is 9.18 Å². The van der Waals surface area contributed by atoms with Gasteiger partial charge in [-0.25, -0.2) is 4.39 Å². The Labute approximate surface area is 128 Å². The van der Waals surface area contributed by atoms with Crippen LogP contribution in [0.2, 0.25) is 0 Å². The molecule has 0 fully saturated rings. The van der Waals surface area contributed by atoms with Crippen LogP contribution in [0.3, 0.4) is 0 Å². The highest BCUT2D eigenvalue weighted by molar-refractivity contribution is 9.10. The van der Waals surface area contributed by atoms with Gasteiger partial charge in [-0.15, -0.1) is 10.2 Å². The van der Waals surface area contributed by atoms with Crippen LogP contribution >= 0.6 is 27.3 Å². The van der Waals surface area contributed by atoms with Crippen molar-refractivity contribution >= 4 is 38.3 Å². The van der Waals surface area contributed by atoms with Crippen LogP contribution in [0.5, 0.6) is 0 Å². The predicted octanol–water partition coefficient (Wildman–Crippen LogP) is 3.70. The van der Waals surface area contributed by atoms with Crippen LogP contribution in [0, 0.1) is 11.7 Å². The van der Waals surface area contributed by atoms with E-state index in [2.05, 4.69) is 31.4 Å². The smallest absolute Gasteiger partial charge is 0.240 e. The van der Waals surface area contributed by atoms with Gasteiger partial charge in [0.15, 0.2) is 0 Å². The number of anilines is 1. The second-order valence-corrected chi connectivity index (χ2v) is 6.52. The molecule has 1 unspecified atom stereocenters. The molecule has 0 saturated heterocycles. The zero-order chi connectivity index (χ0) is 14.7. The van der Waals surface area contributed by atoms with Gasteiger partial charge in [0.1, 0.15) is 10.8 Å². The first-order valence-electron chi connectivity index (χ1n) is 6.01. The van der Waals surface area contributed by atoms with Gasteiger partial charge < -0.3 is 0 Å². The minimum absolute atomic E-state index is 0.151. The number of hydrogen-bond acceptors (Lipinski definition) is 4. The first kappa shape index (κ1) is 15.1. The third kappa shape index (κ3) is 3.61. The van der Waals surface area contributed by atoms with Crippen molar-refractivity contribution in [3.8, 4) is 10.6 Å². The number of nitrogens with one attached hydrogen (secondary N) is 1. The Balaban J connectivity index is 2.09. The first-order chi connectivity index (χ1) is 9.47. The van der Waals surface area contributed by atoms with Crippen LogP contribution in [0.1, 0.15) is 13.8 Å². The van der Waals surface area contributed by atoms with Crippen molar-refractivity contribution in [1.82, 2.24) is 10.2 Å². The molecule has 0 spiro atoms. The van der Waals surface area contributed by atoms with E-state index in [1.807, 2.05) is 13.8 Å². The van der Waals surface area contributed by atoms with Gasteiger partial charge in [-0.2, -0.15) is 0 Å². The molecule has 1 heterocycles. The molecule has 0 aliphatic carbocycles. The lowest BCUT2D eigenvalue weighted by Crippen LogP contribution is -2.26.